The second kappa shape index (κ2) is 4.37. The lowest BCUT2D eigenvalue weighted by Gasteiger charge is -2.31. The van der Waals surface area contributed by atoms with Crippen LogP contribution in [0, 0.1) is 0 Å². The number of fused-ring (bicyclic) bond motifs is 1. The summed E-state index contributed by atoms with van der Waals surface area (Å²) in [5.41, 5.74) is 2.15. The number of rotatable bonds is 2. The zero-order valence-corrected chi connectivity index (χ0v) is 10.8. The van der Waals surface area contributed by atoms with E-state index in [0.29, 0.717) is 0 Å². The molecule has 0 spiro atoms. The first-order chi connectivity index (χ1) is 9.09. The second-order valence-corrected chi connectivity index (χ2v) is 5.21. The SMILES string of the molecule is CC(O)(c1ccc(O)cc1)C1NCc2ccccc21. The minimum absolute atomic E-state index is 0.131. The Morgan fingerprint density at radius 1 is 1.11 bits per heavy atom. The molecule has 1 heterocycles. The molecule has 3 N–H and O–H groups in total. The molecule has 0 saturated heterocycles. The first-order valence-electron chi connectivity index (χ1n) is 6.42. The van der Waals surface area contributed by atoms with Crippen LogP contribution in [0.1, 0.15) is 29.7 Å². The summed E-state index contributed by atoms with van der Waals surface area (Å²) in [6.45, 7) is 2.58. The molecule has 2 atom stereocenters. The Morgan fingerprint density at radius 3 is 2.53 bits per heavy atom. The number of hydrogen-bond acceptors (Lipinski definition) is 3. The largest absolute Gasteiger partial charge is 0.508 e. The van der Waals surface area contributed by atoms with Gasteiger partial charge in [0.15, 0.2) is 0 Å². The number of aliphatic hydroxyl groups is 1. The van der Waals surface area contributed by atoms with Crippen molar-refractivity contribution in [3.8, 4) is 5.75 Å². The average molecular weight is 255 g/mol. The predicted octanol–water partition coefficient (Wildman–Crippen LogP) is 2.44. The smallest absolute Gasteiger partial charge is 0.115 e. The van der Waals surface area contributed by atoms with Crippen molar-refractivity contribution in [1.29, 1.82) is 0 Å². The summed E-state index contributed by atoms with van der Waals surface area (Å²) in [6.07, 6.45) is 0. The van der Waals surface area contributed by atoms with E-state index in [1.54, 1.807) is 31.2 Å². The molecule has 0 aromatic heterocycles. The molecule has 0 fully saturated rings. The summed E-state index contributed by atoms with van der Waals surface area (Å²) in [5.74, 6) is 0.208. The van der Waals surface area contributed by atoms with Gasteiger partial charge in [-0.3, -0.25) is 0 Å². The lowest BCUT2D eigenvalue weighted by Crippen LogP contribution is -2.35. The van der Waals surface area contributed by atoms with Gasteiger partial charge in [-0.25, -0.2) is 0 Å². The van der Waals surface area contributed by atoms with Crippen LogP contribution in [-0.2, 0) is 12.1 Å². The quantitative estimate of drug-likeness (QED) is 0.772. The van der Waals surface area contributed by atoms with E-state index in [4.69, 9.17) is 0 Å². The highest BCUT2D eigenvalue weighted by molar-refractivity contribution is 5.39. The normalized spacial score (nSPS) is 20.8. The Labute approximate surface area is 112 Å². The van der Waals surface area contributed by atoms with Crippen molar-refractivity contribution in [3.63, 3.8) is 0 Å². The summed E-state index contributed by atoms with van der Waals surface area (Å²) in [6, 6.07) is 14.7. The fourth-order valence-corrected chi connectivity index (χ4v) is 2.77. The second-order valence-electron chi connectivity index (χ2n) is 5.21. The Balaban J connectivity index is 2.00. The van der Waals surface area contributed by atoms with Crippen LogP contribution in [0.2, 0.25) is 0 Å². The van der Waals surface area contributed by atoms with Crippen molar-refractivity contribution in [2.45, 2.75) is 25.1 Å². The van der Waals surface area contributed by atoms with Crippen molar-refractivity contribution in [3.05, 3.63) is 65.2 Å². The third kappa shape index (κ3) is 2.01. The monoisotopic (exact) mass is 255 g/mol. The standard InChI is InChI=1S/C16H17NO2/c1-16(19,12-6-8-13(18)9-7-12)15-14-5-3-2-4-11(14)10-17-15/h2-9,15,17-19H,10H2,1H3. The van der Waals surface area contributed by atoms with Gasteiger partial charge in [0.25, 0.3) is 0 Å². The lowest BCUT2D eigenvalue weighted by molar-refractivity contribution is 0.0177. The molecule has 0 bridgehead atoms. The van der Waals surface area contributed by atoms with Crippen LogP contribution in [-0.4, -0.2) is 10.2 Å². The van der Waals surface area contributed by atoms with Crippen LogP contribution in [0.5, 0.6) is 5.75 Å². The van der Waals surface area contributed by atoms with Crippen molar-refractivity contribution < 1.29 is 10.2 Å². The van der Waals surface area contributed by atoms with Gasteiger partial charge in [-0.15, -0.1) is 0 Å². The van der Waals surface area contributed by atoms with Crippen LogP contribution >= 0.6 is 0 Å². The number of phenolic OH excluding ortho intramolecular Hbond substituents is 1. The van der Waals surface area contributed by atoms with Gasteiger partial charge >= 0.3 is 0 Å². The van der Waals surface area contributed by atoms with E-state index in [0.717, 1.165) is 17.7 Å². The van der Waals surface area contributed by atoms with Crippen LogP contribution in [0.15, 0.2) is 48.5 Å². The molecule has 1 aliphatic rings. The molecule has 0 saturated carbocycles. The summed E-state index contributed by atoms with van der Waals surface area (Å²) < 4.78 is 0. The highest BCUT2D eigenvalue weighted by atomic mass is 16.3. The third-order valence-corrected chi connectivity index (χ3v) is 3.88. The number of aromatic hydroxyl groups is 1. The Kier molecular flexibility index (Phi) is 2.81. The van der Waals surface area contributed by atoms with Crippen molar-refractivity contribution in [1.82, 2.24) is 5.32 Å². The fraction of sp³-hybridized carbons (Fsp3) is 0.250. The molecule has 19 heavy (non-hydrogen) atoms. The van der Waals surface area contributed by atoms with E-state index in [1.807, 2.05) is 12.1 Å². The molecule has 2 aromatic carbocycles. The van der Waals surface area contributed by atoms with Crippen LogP contribution in [0.4, 0.5) is 0 Å². The highest BCUT2D eigenvalue weighted by Gasteiger charge is 2.38. The molecule has 3 rings (SSSR count). The Morgan fingerprint density at radius 2 is 1.79 bits per heavy atom. The number of benzene rings is 2. The van der Waals surface area contributed by atoms with E-state index in [-0.39, 0.29) is 11.8 Å². The summed E-state index contributed by atoms with van der Waals surface area (Å²) in [7, 11) is 0. The van der Waals surface area contributed by atoms with Crippen LogP contribution < -0.4 is 5.32 Å². The van der Waals surface area contributed by atoms with Gasteiger partial charge in [0, 0.05) is 6.54 Å². The van der Waals surface area contributed by atoms with Gasteiger partial charge in [-0.05, 0) is 35.7 Å². The van der Waals surface area contributed by atoms with Crippen molar-refractivity contribution >= 4 is 0 Å². The van der Waals surface area contributed by atoms with Gasteiger partial charge in [0.1, 0.15) is 11.4 Å². The summed E-state index contributed by atoms with van der Waals surface area (Å²) >= 11 is 0. The zero-order chi connectivity index (χ0) is 13.5. The minimum atomic E-state index is -1.01. The molecule has 2 aromatic rings. The fourth-order valence-electron chi connectivity index (χ4n) is 2.77. The summed E-state index contributed by atoms with van der Waals surface area (Å²) in [4.78, 5) is 0. The minimum Gasteiger partial charge on any atom is -0.508 e. The predicted molar refractivity (Wildman–Crippen MR) is 73.7 cm³/mol. The Bertz CT molecular complexity index is 590. The maximum Gasteiger partial charge on any atom is 0.115 e. The van der Waals surface area contributed by atoms with E-state index in [2.05, 4.69) is 17.4 Å². The van der Waals surface area contributed by atoms with Gasteiger partial charge in [-0.2, -0.15) is 0 Å². The van der Waals surface area contributed by atoms with Gasteiger partial charge in [-0.1, -0.05) is 36.4 Å². The molecule has 98 valence electrons. The zero-order valence-electron chi connectivity index (χ0n) is 10.8. The third-order valence-electron chi connectivity index (χ3n) is 3.88. The van der Waals surface area contributed by atoms with E-state index in [1.165, 1.54) is 5.56 Å². The lowest BCUT2D eigenvalue weighted by atomic mass is 9.84. The van der Waals surface area contributed by atoms with Crippen LogP contribution in [0.3, 0.4) is 0 Å². The first-order valence-corrected chi connectivity index (χ1v) is 6.42. The maximum absolute atomic E-state index is 10.9. The van der Waals surface area contributed by atoms with Gasteiger partial charge in [0.2, 0.25) is 0 Å². The molecular formula is C16H17NO2. The number of nitrogens with one attached hydrogen (secondary N) is 1. The first kappa shape index (κ1) is 12.2. The van der Waals surface area contributed by atoms with E-state index >= 15 is 0 Å². The van der Waals surface area contributed by atoms with Crippen molar-refractivity contribution in [2.24, 2.45) is 0 Å². The number of hydrogen-bond donors (Lipinski definition) is 3. The highest BCUT2D eigenvalue weighted by Crippen LogP contribution is 2.39. The molecule has 0 amide bonds. The van der Waals surface area contributed by atoms with Crippen LogP contribution in [0.25, 0.3) is 0 Å². The van der Waals surface area contributed by atoms with Gasteiger partial charge in [0.05, 0.1) is 6.04 Å². The van der Waals surface area contributed by atoms with E-state index < -0.39 is 5.60 Å². The average Bonchev–Trinajstić information content (AvgIpc) is 2.83. The topological polar surface area (TPSA) is 52.5 Å². The molecule has 1 aliphatic heterocycles. The maximum atomic E-state index is 10.9. The molecule has 3 heteroatoms. The molecule has 0 radical (unpaired) electrons. The molecule has 0 aliphatic carbocycles. The molecule has 2 unspecified atom stereocenters. The summed E-state index contributed by atoms with van der Waals surface area (Å²) in [5, 5.41) is 23.6. The van der Waals surface area contributed by atoms with Gasteiger partial charge < -0.3 is 15.5 Å². The van der Waals surface area contributed by atoms with E-state index in [9.17, 15) is 10.2 Å². The van der Waals surface area contributed by atoms with Crippen molar-refractivity contribution in [2.75, 3.05) is 0 Å². The molecule has 3 nitrogen and oxygen atoms in total. The number of phenols is 1. The molecular weight excluding hydrogens is 238 g/mol. The Hall–Kier alpha value is -1.84.